The van der Waals surface area contributed by atoms with Crippen LogP contribution in [-0.4, -0.2) is 12.8 Å². The number of anilines is 2. The van der Waals surface area contributed by atoms with Gasteiger partial charge in [0.05, 0.1) is 0 Å². The van der Waals surface area contributed by atoms with Crippen molar-refractivity contribution in [3.05, 3.63) is 65.2 Å². The quantitative estimate of drug-likeness (QED) is 0.367. The molecule has 0 radical (unpaired) electrons. The Morgan fingerprint density at radius 2 is 1.76 bits per heavy atom. The van der Waals surface area contributed by atoms with Gasteiger partial charge in [0.15, 0.2) is 0 Å². The van der Waals surface area contributed by atoms with Crippen LogP contribution in [0.2, 0.25) is 0 Å². The van der Waals surface area contributed by atoms with Crippen LogP contribution < -0.4 is 4.90 Å². The molecule has 1 heterocycles. The van der Waals surface area contributed by atoms with Gasteiger partial charge in [-0.3, -0.25) is 4.79 Å². The fourth-order valence-electron chi connectivity index (χ4n) is 3.65. The average molecular weight is 333 g/mol. The van der Waals surface area contributed by atoms with Crippen LogP contribution in [0.4, 0.5) is 11.4 Å². The largest absolute Gasteiger partial charge is 0.341 e. The topological polar surface area (TPSA) is 20.3 Å². The molecule has 0 bridgehead atoms. The second kappa shape index (κ2) is 8.66. The van der Waals surface area contributed by atoms with E-state index in [4.69, 9.17) is 0 Å². The van der Waals surface area contributed by atoms with Gasteiger partial charge in [-0.05, 0) is 60.2 Å². The third-order valence-corrected chi connectivity index (χ3v) is 4.94. The molecule has 0 fully saturated rings. The molecular weight excluding hydrogens is 306 g/mol. The van der Waals surface area contributed by atoms with Crippen molar-refractivity contribution in [1.29, 1.82) is 0 Å². The first-order chi connectivity index (χ1) is 12.3. The van der Waals surface area contributed by atoms with Crippen molar-refractivity contribution in [3.8, 4) is 0 Å². The van der Waals surface area contributed by atoms with E-state index in [2.05, 4.69) is 54.3 Å². The summed E-state index contributed by atoms with van der Waals surface area (Å²) in [7, 11) is 0. The highest BCUT2D eigenvalue weighted by molar-refractivity contribution is 5.76. The van der Waals surface area contributed by atoms with E-state index >= 15 is 0 Å². The maximum absolute atomic E-state index is 10.6. The van der Waals surface area contributed by atoms with Gasteiger partial charge in [0.2, 0.25) is 0 Å². The molecule has 0 saturated heterocycles. The van der Waals surface area contributed by atoms with E-state index in [0.717, 1.165) is 31.2 Å². The molecule has 1 aliphatic rings. The van der Waals surface area contributed by atoms with Crippen LogP contribution in [0.15, 0.2) is 48.5 Å². The molecule has 0 saturated carbocycles. The van der Waals surface area contributed by atoms with Crippen molar-refractivity contribution >= 4 is 23.7 Å². The lowest BCUT2D eigenvalue weighted by atomic mass is 10.0. The minimum Gasteiger partial charge on any atom is -0.341 e. The second-order valence-corrected chi connectivity index (χ2v) is 6.72. The first-order valence-electron chi connectivity index (χ1n) is 9.43. The number of carbonyl (C=O) groups is 1. The Kier molecular flexibility index (Phi) is 6.05. The highest BCUT2D eigenvalue weighted by atomic mass is 16.1. The van der Waals surface area contributed by atoms with Crippen LogP contribution in [0.5, 0.6) is 0 Å². The molecule has 2 aromatic carbocycles. The zero-order valence-electron chi connectivity index (χ0n) is 15.1. The molecule has 25 heavy (non-hydrogen) atoms. The number of carbonyl (C=O) groups excluding carboxylic acids is 1. The maximum Gasteiger partial charge on any atom is 0.142 e. The van der Waals surface area contributed by atoms with Gasteiger partial charge in [-0.15, -0.1) is 0 Å². The molecule has 0 N–H and O–H groups in total. The SMILES string of the molecule is CCCCCCN1c2ccccc2CCc2cc(/C=C/C=O)ccc21. The van der Waals surface area contributed by atoms with Crippen LogP contribution in [0.25, 0.3) is 6.08 Å². The van der Waals surface area contributed by atoms with Crippen molar-refractivity contribution in [1.82, 2.24) is 0 Å². The van der Waals surface area contributed by atoms with Crippen molar-refractivity contribution in [2.24, 2.45) is 0 Å². The summed E-state index contributed by atoms with van der Waals surface area (Å²) in [6, 6.07) is 15.4. The molecule has 0 spiro atoms. The summed E-state index contributed by atoms with van der Waals surface area (Å²) >= 11 is 0. The predicted molar refractivity (Wildman–Crippen MR) is 107 cm³/mol. The normalized spacial score (nSPS) is 13.4. The summed E-state index contributed by atoms with van der Waals surface area (Å²) in [6.45, 7) is 3.32. The number of rotatable bonds is 7. The van der Waals surface area contributed by atoms with Crippen LogP contribution in [-0.2, 0) is 17.6 Å². The minimum absolute atomic E-state index is 0.835. The Morgan fingerprint density at radius 3 is 2.60 bits per heavy atom. The average Bonchev–Trinajstić information content (AvgIpc) is 2.80. The van der Waals surface area contributed by atoms with Crippen LogP contribution in [0.3, 0.4) is 0 Å². The fraction of sp³-hybridized carbons (Fsp3) is 0.348. The Morgan fingerprint density at radius 1 is 0.960 bits per heavy atom. The van der Waals surface area contributed by atoms with E-state index in [1.807, 2.05) is 6.08 Å². The standard InChI is InChI=1S/C23H27NO/c1-2-3-4-7-16-24-22-11-6-5-10-20(22)13-14-21-18-19(9-8-17-25)12-15-23(21)24/h5-6,8-12,15,17-18H,2-4,7,13-14,16H2,1H3/b9-8+. The Hall–Kier alpha value is -2.35. The summed E-state index contributed by atoms with van der Waals surface area (Å²) in [6.07, 6.45) is 11.5. The third kappa shape index (κ3) is 4.19. The van der Waals surface area contributed by atoms with Crippen LogP contribution >= 0.6 is 0 Å². The number of nitrogens with zero attached hydrogens (tertiary/aromatic N) is 1. The van der Waals surface area contributed by atoms with Gasteiger partial charge in [-0.25, -0.2) is 0 Å². The van der Waals surface area contributed by atoms with E-state index < -0.39 is 0 Å². The predicted octanol–water partition coefficient (Wildman–Crippen LogP) is 5.72. The summed E-state index contributed by atoms with van der Waals surface area (Å²) in [4.78, 5) is 13.1. The Balaban J connectivity index is 1.94. The van der Waals surface area contributed by atoms with Crippen molar-refractivity contribution < 1.29 is 4.79 Å². The number of benzene rings is 2. The number of aldehydes is 1. The molecular formula is C23H27NO. The number of para-hydroxylation sites is 1. The van der Waals surface area contributed by atoms with Gasteiger partial charge in [0.1, 0.15) is 6.29 Å². The van der Waals surface area contributed by atoms with Crippen LogP contribution in [0, 0.1) is 0 Å². The summed E-state index contributed by atoms with van der Waals surface area (Å²) < 4.78 is 0. The number of allylic oxidation sites excluding steroid dienone is 1. The van der Waals surface area contributed by atoms with Gasteiger partial charge in [0.25, 0.3) is 0 Å². The van der Waals surface area contributed by atoms with Gasteiger partial charge < -0.3 is 4.90 Å². The highest BCUT2D eigenvalue weighted by Crippen LogP contribution is 2.36. The number of hydrogen-bond acceptors (Lipinski definition) is 2. The van der Waals surface area contributed by atoms with E-state index in [0.29, 0.717) is 0 Å². The van der Waals surface area contributed by atoms with E-state index in [-0.39, 0.29) is 0 Å². The lowest BCUT2D eigenvalue weighted by molar-refractivity contribution is -0.104. The molecule has 3 rings (SSSR count). The summed E-state index contributed by atoms with van der Waals surface area (Å²) in [5.41, 5.74) is 6.58. The molecule has 2 nitrogen and oxygen atoms in total. The second-order valence-electron chi connectivity index (χ2n) is 6.72. The Labute approximate surface area is 151 Å². The fourth-order valence-corrected chi connectivity index (χ4v) is 3.65. The highest BCUT2D eigenvalue weighted by Gasteiger charge is 2.20. The molecule has 0 amide bonds. The lowest BCUT2D eigenvalue weighted by Gasteiger charge is -2.27. The summed E-state index contributed by atoms with van der Waals surface area (Å²) in [5.74, 6) is 0. The molecule has 0 atom stereocenters. The smallest absolute Gasteiger partial charge is 0.142 e. The van der Waals surface area contributed by atoms with Crippen molar-refractivity contribution in [2.45, 2.75) is 45.4 Å². The molecule has 2 heteroatoms. The molecule has 0 aliphatic carbocycles. The maximum atomic E-state index is 10.6. The van der Waals surface area contributed by atoms with Crippen LogP contribution in [0.1, 0.15) is 49.3 Å². The van der Waals surface area contributed by atoms with Crippen molar-refractivity contribution in [3.63, 3.8) is 0 Å². The minimum atomic E-state index is 0.835. The van der Waals surface area contributed by atoms with Gasteiger partial charge in [-0.1, -0.05) is 56.5 Å². The number of unbranched alkanes of at least 4 members (excludes halogenated alkanes) is 3. The van der Waals surface area contributed by atoms with E-state index in [1.54, 1.807) is 6.08 Å². The van der Waals surface area contributed by atoms with E-state index in [1.165, 1.54) is 48.2 Å². The number of fused-ring (bicyclic) bond motifs is 2. The first kappa shape index (κ1) is 17.5. The van der Waals surface area contributed by atoms with E-state index in [9.17, 15) is 4.79 Å². The number of aryl methyl sites for hydroxylation is 2. The lowest BCUT2D eigenvalue weighted by Crippen LogP contribution is -2.19. The first-order valence-corrected chi connectivity index (χ1v) is 9.43. The molecule has 0 aromatic heterocycles. The number of hydrogen-bond donors (Lipinski definition) is 0. The van der Waals surface area contributed by atoms with Gasteiger partial charge in [-0.2, -0.15) is 0 Å². The molecule has 0 unspecified atom stereocenters. The monoisotopic (exact) mass is 333 g/mol. The zero-order valence-corrected chi connectivity index (χ0v) is 15.1. The zero-order chi connectivity index (χ0) is 17.5. The molecule has 130 valence electrons. The molecule has 1 aliphatic heterocycles. The van der Waals surface area contributed by atoms with Gasteiger partial charge >= 0.3 is 0 Å². The molecule has 2 aromatic rings. The van der Waals surface area contributed by atoms with Gasteiger partial charge in [0, 0.05) is 17.9 Å². The third-order valence-electron chi connectivity index (χ3n) is 4.94. The Bertz CT molecular complexity index is 748. The van der Waals surface area contributed by atoms with Crippen molar-refractivity contribution in [2.75, 3.05) is 11.4 Å². The summed E-state index contributed by atoms with van der Waals surface area (Å²) in [5, 5.41) is 0.